The van der Waals surface area contributed by atoms with Crippen LogP contribution in [0.5, 0.6) is 0 Å². The van der Waals surface area contributed by atoms with Crippen LogP contribution in [0.4, 0.5) is 5.69 Å². The molecule has 116 valence electrons. The van der Waals surface area contributed by atoms with Gasteiger partial charge >= 0.3 is 0 Å². The van der Waals surface area contributed by atoms with Crippen molar-refractivity contribution in [2.75, 3.05) is 5.32 Å². The summed E-state index contributed by atoms with van der Waals surface area (Å²) in [7, 11) is 0. The number of para-hydroxylation sites is 1. The number of amides is 1. The molecule has 2 N–H and O–H groups in total. The zero-order valence-electron chi connectivity index (χ0n) is 12.2. The Balaban J connectivity index is 1.47. The van der Waals surface area contributed by atoms with Gasteiger partial charge in [-0.1, -0.05) is 36.0 Å². The number of hydrogen-bond acceptors (Lipinski definition) is 5. The summed E-state index contributed by atoms with van der Waals surface area (Å²) >= 11 is 3.05. The first-order valence-electron chi connectivity index (χ1n) is 7.27. The Labute approximate surface area is 141 Å². The van der Waals surface area contributed by atoms with E-state index < -0.39 is 4.75 Å². The van der Waals surface area contributed by atoms with Crippen LogP contribution < -0.4 is 5.32 Å². The van der Waals surface area contributed by atoms with Crippen LogP contribution in [0, 0.1) is 0 Å². The number of aromatic amines is 1. The first kappa shape index (κ1) is 14.5. The molecular formula is C16H14N4OS2. The third-order valence-corrected chi connectivity index (χ3v) is 5.88. The van der Waals surface area contributed by atoms with Crippen molar-refractivity contribution in [3.05, 3.63) is 47.8 Å². The van der Waals surface area contributed by atoms with Crippen LogP contribution in [0.1, 0.15) is 12.8 Å². The van der Waals surface area contributed by atoms with Crippen LogP contribution in [0.15, 0.2) is 53.0 Å². The predicted octanol–water partition coefficient (Wildman–Crippen LogP) is 3.80. The molecular weight excluding hydrogens is 328 g/mol. The Morgan fingerprint density at radius 3 is 2.74 bits per heavy atom. The van der Waals surface area contributed by atoms with Crippen molar-refractivity contribution in [1.29, 1.82) is 0 Å². The van der Waals surface area contributed by atoms with Gasteiger partial charge in [0.1, 0.15) is 4.75 Å². The lowest BCUT2D eigenvalue weighted by Crippen LogP contribution is -2.26. The molecule has 0 unspecified atom stereocenters. The molecule has 5 nitrogen and oxygen atoms in total. The van der Waals surface area contributed by atoms with Gasteiger partial charge in [-0.05, 0) is 36.4 Å². The van der Waals surface area contributed by atoms with Gasteiger partial charge in [-0.2, -0.15) is 0 Å². The van der Waals surface area contributed by atoms with Gasteiger partial charge in [0.15, 0.2) is 5.82 Å². The fourth-order valence-corrected chi connectivity index (χ4v) is 3.94. The van der Waals surface area contributed by atoms with Crippen molar-refractivity contribution in [2.45, 2.75) is 22.7 Å². The highest BCUT2D eigenvalue weighted by Crippen LogP contribution is 2.51. The molecule has 1 fully saturated rings. The number of H-pyrrole nitrogens is 1. The molecule has 1 aliphatic carbocycles. The number of nitrogens with one attached hydrogen (secondary N) is 2. The van der Waals surface area contributed by atoms with E-state index in [1.807, 2.05) is 47.8 Å². The SMILES string of the molecule is O=C(Nc1ccccc1)C1(Sc2n[nH]c(-c3cccs3)n2)CC1. The number of hydrogen-bond donors (Lipinski definition) is 2. The lowest BCUT2D eigenvalue weighted by molar-refractivity contribution is -0.116. The third kappa shape index (κ3) is 3.02. The Morgan fingerprint density at radius 1 is 1.22 bits per heavy atom. The second kappa shape index (κ2) is 5.82. The molecule has 1 saturated carbocycles. The van der Waals surface area contributed by atoms with Crippen LogP contribution in [0.3, 0.4) is 0 Å². The van der Waals surface area contributed by atoms with Crippen LogP contribution >= 0.6 is 23.1 Å². The summed E-state index contributed by atoms with van der Waals surface area (Å²) in [5.41, 5.74) is 0.818. The quantitative estimate of drug-likeness (QED) is 0.740. The minimum atomic E-state index is -0.440. The monoisotopic (exact) mass is 342 g/mol. The molecule has 0 aliphatic heterocycles. The van der Waals surface area contributed by atoms with Gasteiger partial charge in [0.05, 0.1) is 4.88 Å². The third-order valence-electron chi connectivity index (χ3n) is 3.66. The van der Waals surface area contributed by atoms with Crippen molar-refractivity contribution in [2.24, 2.45) is 0 Å². The summed E-state index contributed by atoms with van der Waals surface area (Å²) in [6.07, 6.45) is 1.69. The second-order valence-electron chi connectivity index (χ2n) is 5.36. The molecule has 1 aliphatic rings. The molecule has 2 aromatic heterocycles. The van der Waals surface area contributed by atoms with E-state index in [0.717, 1.165) is 29.2 Å². The maximum Gasteiger partial charge on any atom is 0.241 e. The summed E-state index contributed by atoms with van der Waals surface area (Å²) in [6.45, 7) is 0. The highest BCUT2D eigenvalue weighted by molar-refractivity contribution is 8.01. The van der Waals surface area contributed by atoms with Gasteiger partial charge in [0.25, 0.3) is 0 Å². The normalized spacial score (nSPS) is 15.3. The van der Waals surface area contributed by atoms with Crippen molar-refractivity contribution in [3.8, 4) is 10.7 Å². The number of rotatable bonds is 5. The summed E-state index contributed by atoms with van der Waals surface area (Å²) in [5.74, 6) is 0.776. The molecule has 7 heteroatoms. The Hall–Kier alpha value is -2.12. The highest BCUT2D eigenvalue weighted by Gasteiger charge is 2.52. The number of benzene rings is 1. The highest BCUT2D eigenvalue weighted by atomic mass is 32.2. The molecule has 0 saturated heterocycles. The molecule has 4 rings (SSSR count). The van der Waals surface area contributed by atoms with E-state index in [4.69, 9.17) is 0 Å². The average Bonchev–Trinajstić information content (AvgIpc) is 2.98. The largest absolute Gasteiger partial charge is 0.325 e. The van der Waals surface area contributed by atoms with E-state index in [1.165, 1.54) is 11.8 Å². The first-order chi connectivity index (χ1) is 11.3. The minimum Gasteiger partial charge on any atom is -0.325 e. The minimum absolute atomic E-state index is 0.0242. The Bertz CT molecular complexity index is 810. The fourth-order valence-electron chi connectivity index (χ4n) is 2.25. The summed E-state index contributed by atoms with van der Waals surface area (Å²) < 4.78 is -0.440. The van der Waals surface area contributed by atoms with Gasteiger partial charge in [-0.25, -0.2) is 4.98 Å². The molecule has 3 aromatic rings. The number of aromatic nitrogens is 3. The molecule has 1 aromatic carbocycles. The number of thiophene rings is 1. The molecule has 2 heterocycles. The van der Waals surface area contributed by atoms with Gasteiger partial charge in [0, 0.05) is 5.69 Å². The van der Waals surface area contributed by atoms with Crippen molar-refractivity contribution in [3.63, 3.8) is 0 Å². The zero-order valence-corrected chi connectivity index (χ0v) is 13.8. The summed E-state index contributed by atoms with van der Waals surface area (Å²) in [4.78, 5) is 18.1. The van der Waals surface area contributed by atoms with Gasteiger partial charge in [-0.15, -0.1) is 16.4 Å². The molecule has 23 heavy (non-hydrogen) atoms. The number of anilines is 1. The standard InChI is InChI=1S/C16H14N4OS2/c21-14(17-11-5-2-1-3-6-11)16(8-9-16)23-15-18-13(19-20-15)12-7-4-10-22-12/h1-7,10H,8-9H2,(H,17,21)(H,18,19,20). The zero-order chi connectivity index (χ0) is 15.7. The molecule has 0 bridgehead atoms. The van der Waals surface area contributed by atoms with Gasteiger partial charge < -0.3 is 5.32 Å². The lowest BCUT2D eigenvalue weighted by Gasteiger charge is -2.12. The van der Waals surface area contributed by atoms with Crippen molar-refractivity contribution < 1.29 is 4.79 Å². The molecule has 0 atom stereocenters. The second-order valence-corrected chi connectivity index (χ2v) is 7.66. The Kier molecular flexibility index (Phi) is 3.66. The van der Waals surface area contributed by atoms with Crippen LogP contribution in [-0.4, -0.2) is 25.8 Å². The first-order valence-corrected chi connectivity index (χ1v) is 8.97. The van der Waals surface area contributed by atoms with Gasteiger partial charge in [-0.3, -0.25) is 9.89 Å². The fraction of sp³-hybridized carbons (Fsp3) is 0.188. The van der Waals surface area contributed by atoms with Crippen molar-refractivity contribution in [1.82, 2.24) is 15.2 Å². The number of carbonyl (C=O) groups excluding carboxylic acids is 1. The van der Waals surface area contributed by atoms with E-state index in [2.05, 4.69) is 20.5 Å². The predicted molar refractivity (Wildman–Crippen MR) is 92.6 cm³/mol. The van der Waals surface area contributed by atoms with E-state index in [0.29, 0.717) is 5.16 Å². The van der Waals surface area contributed by atoms with E-state index in [9.17, 15) is 4.79 Å². The van der Waals surface area contributed by atoms with E-state index in [-0.39, 0.29) is 5.91 Å². The Morgan fingerprint density at radius 2 is 2.04 bits per heavy atom. The molecule has 1 amide bonds. The topological polar surface area (TPSA) is 70.7 Å². The summed E-state index contributed by atoms with van der Waals surface area (Å²) in [6, 6.07) is 13.5. The van der Waals surface area contributed by atoms with E-state index >= 15 is 0 Å². The van der Waals surface area contributed by atoms with Crippen LogP contribution in [0.25, 0.3) is 10.7 Å². The maximum atomic E-state index is 12.5. The average molecular weight is 342 g/mol. The van der Waals surface area contributed by atoms with Crippen LogP contribution in [0.2, 0.25) is 0 Å². The van der Waals surface area contributed by atoms with Crippen LogP contribution in [-0.2, 0) is 4.79 Å². The summed E-state index contributed by atoms with van der Waals surface area (Å²) in [5, 5.41) is 12.8. The van der Waals surface area contributed by atoms with Crippen molar-refractivity contribution >= 4 is 34.7 Å². The number of nitrogens with zero attached hydrogens (tertiary/aromatic N) is 2. The molecule has 0 spiro atoms. The number of thioether (sulfide) groups is 1. The van der Waals surface area contributed by atoms with Gasteiger partial charge in [0.2, 0.25) is 11.1 Å². The maximum absolute atomic E-state index is 12.5. The number of carbonyl (C=O) groups is 1. The van der Waals surface area contributed by atoms with E-state index in [1.54, 1.807) is 11.3 Å². The lowest BCUT2D eigenvalue weighted by atomic mass is 10.3. The smallest absolute Gasteiger partial charge is 0.241 e. The molecule has 0 radical (unpaired) electrons.